The highest BCUT2D eigenvalue weighted by Gasteiger charge is 2.27. The van der Waals surface area contributed by atoms with E-state index in [2.05, 4.69) is 5.10 Å². The van der Waals surface area contributed by atoms with E-state index in [1.165, 1.54) is 40.3 Å². The second kappa shape index (κ2) is 9.72. The van der Waals surface area contributed by atoms with Gasteiger partial charge >= 0.3 is 5.97 Å². The predicted molar refractivity (Wildman–Crippen MR) is 120 cm³/mol. The average Bonchev–Trinajstić information content (AvgIpc) is 3.46. The van der Waals surface area contributed by atoms with E-state index in [4.69, 9.17) is 16.3 Å². The lowest BCUT2D eigenvalue weighted by Crippen LogP contribution is -2.51. The molecular weight excluding hydrogens is 471 g/mol. The number of hydrogen-bond acceptors (Lipinski definition) is 6. The molecule has 8 nitrogen and oxygen atoms in total. The minimum Gasteiger partial charge on any atom is -0.452 e. The highest BCUT2D eigenvalue weighted by atomic mass is 35.5. The van der Waals surface area contributed by atoms with Crippen LogP contribution in [0.5, 0.6) is 0 Å². The fourth-order valence-electron chi connectivity index (χ4n) is 3.49. The number of piperazine rings is 1. The van der Waals surface area contributed by atoms with Gasteiger partial charge in [-0.15, -0.1) is 11.3 Å². The van der Waals surface area contributed by atoms with E-state index in [-0.39, 0.29) is 22.5 Å². The lowest BCUT2D eigenvalue weighted by Gasteiger charge is -2.34. The zero-order chi connectivity index (χ0) is 23.5. The monoisotopic (exact) mass is 490 g/mol. The number of hydrogen-bond donors (Lipinski definition) is 0. The van der Waals surface area contributed by atoms with Gasteiger partial charge in [-0.1, -0.05) is 17.7 Å². The van der Waals surface area contributed by atoms with Gasteiger partial charge in [-0.2, -0.15) is 5.10 Å². The summed E-state index contributed by atoms with van der Waals surface area (Å²) in [7, 11) is 0. The molecule has 3 aromatic rings. The highest BCUT2D eigenvalue weighted by Crippen LogP contribution is 2.24. The number of carbonyl (C=O) groups excluding carboxylic acids is 3. The lowest BCUT2D eigenvalue weighted by atomic mass is 10.2. The molecule has 0 aliphatic carbocycles. The van der Waals surface area contributed by atoms with Crippen LogP contribution in [0.2, 0.25) is 5.15 Å². The number of halogens is 2. The Labute approximate surface area is 198 Å². The number of rotatable bonds is 5. The summed E-state index contributed by atoms with van der Waals surface area (Å²) >= 11 is 7.71. The first-order valence-corrected chi connectivity index (χ1v) is 11.4. The molecule has 0 N–H and O–H groups in total. The van der Waals surface area contributed by atoms with Crippen molar-refractivity contribution in [3.63, 3.8) is 0 Å². The van der Waals surface area contributed by atoms with Gasteiger partial charge in [0.15, 0.2) is 6.61 Å². The zero-order valence-corrected chi connectivity index (χ0v) is 19.2. The molecule has 1 fully saturated rings. The van der Waals surface area contributed by atoms with Gasteiger partial charge in [0.2, 0.25) is 0 Å². The third-order valence-corrected chi connectivity index (χ3v) is 6.46. The van der Waals surface area contributed by atoms with E-state index in [9.17, 15) is 18.8 Å². The molecule has 1 aromatic carbocycles. The van der Waals surface area contributed by atoms with E-state index in [0.29, 0.717) is 42.4 Å². The first kappa shape index (κ1) is 22.9. The predicted octanol–water partition coefficient (Wildman–Crippen LogP) is 3.18. The maximum atomic E-state index is 13.2. The Kier molecular flexibility index (Phi) is 6.75. The van der Waals surface area contributed by atoms with Crippen molar-refractivity contribution in [2.45, 2.75) is 6.92 Å². The molecule has 1 aliphatic heterocycles. The SMILES string of the molecule is Cc1nn(-c2ccc(F)cc2)c(Cl)c1C(=O)OCC(=O)N1CCN(C(=O)c2cccs2)CC1. The fourth-order valence-corrected chi connectivity index (χ4v) is 4.53. The summed E-state index contributed by atoms with van der Waals surface area (Å²) in [6, 6.07) is 9.07. The second-order valence-corrected chi connectivity index (χ2v) is 8.67. The number of amides is 2. The molecular formula is C22H20ClFN4O4S. The largest absolute Gasteiger partial charge is 0.452 e. The highest BCUT2D eigenvalue weighted by molar-refractivity contribution is 7.12. The fraction of sp³-hybridized carbons (Fsp3) is 0.273. The zero-order valence-electron chi connectivity index (χ0n) is 17.7. The van der Waals surface area contributed by atoms with Gasteiger partial charge < -0.3 is 14.5 Å². The van der Waals surface area contributed by atoms with Crippen LogP contribution in [0.1, 0.15) is 25.7 Å². The van der Waals surface area contributed by atoms with E-state index in [1.807, 2.05) is 11.4 Å². The Morgan fingerprint density at radius 1 is 1.09 bits per heavy atom. The topological polar surface area (TPSA) is 84.7 Å². The van der Waals surface area contributed by atoms with Crippen molar-refractivity contribution in [2.75, 3.05) is 32.8 Å². The number of aromatic nitrogens is 2. The van der Waals surface area contributed by atoms with Crippen LogP contribution < -0.4 is 0 Å². The Morgan fingerprint density at radius 3 is 2.39 bits per heavy atom. The van der Waals surface area contributed by atoms with E-state index in [0.717, 1.165) is 0 Å². The van der Waals surface area contributed by atoms with Gasteiger partial charge in [-0.3, -0.25) is 9.59 Å². The molecule has 0 unspecified atom stereocenters. The van der Waals surface area contributed by atoms with E-state index in [1.54, 1.807) is 22.8 Å². The molecule has 11 heteroatoms. The normalized spacial score (nSPS) is 13.8. The molecule has 0 radical (unpaired) electrons. The minimum absolute atomic E-state index is 0.0114. The maximum Gasteiger partial charge on any atom is 0.343 e. The van der Waals surface area contributed by atoms with Crippen molar-refractivity contribution >= 4 is 40.7 Å². The smallest absolute Gasteiger partial charge is 0.343 e. The molecule has 172 valence electrons. The molecule has 1 aliphatic rings. The van der Waals surface area contributed by atoms with Crippen molar-refractivity contribution in [2.24, 2.45) is 0 Å². The van der Waals surface area contributed by atoms with Crippen LogP contribution in [-0.2, 0) is 9.53 Å². The minimum atomic E-state index is -0.772. The maximum absolute atomic E-state index is 13.2. The van der Waals surface area contributed by atoms with Crippen LogP contribution in [0.15, 0.2) is 41.8 Å². The Balaban J connectivity index is 1.33. The lowest BCUT2D eigenvalue weighted by molar-refractivity contribution is -0.136. The first-order valence-electron chi connectivity index (χ1n) is 10.1. The molecule has 0 spiro atoms. The number of thiophene rings is 1. The van der Waals surface area contributed by atoms with Crippen LogP contribution in [0, 0.1) is 12.7 Å². The molecule has 0 saturated carbocycles. The van der Waals surface area contributed by atoms with Crippen LogP contribution in [0.3, 0.4) is 0 Å². The Bertz CT molecular complexity index is 1170. The van der Waals surface area contributed by atoms with Gasteiger partial charge in [-0.05, 0) is 42.6 Å². The molecule has 3 heterocycles. The molecule has 2 aromatic heterocycles. The molecule has 1 saturated heterocycles. The summed E-state index contributed by atoms with van der Waals surface area (Å²) in [6.07, 6.45) is 0. The Hall–Kier alpha value is -3.24. The molecule has 0 bridgehead atoms. The number of benzene rings is 1. The number of esters is 1. The van der Waals surface area contributed by atoms with Gasteiger partial charge in [0.1, 0.15) is 16.5 Å². The van der Waals surface area contributed by atoms with Crippen LogP contribution in [-0.4, -0.2) is 70.1 Å². The van der Waals surface area contributed by atoms with E-state index >= 15 is 0 Å². The van der Waals surface area contributed by atoms with Crippen molar-refractivity contribution in [1.82, 2.24) is 19.6 Å². The third kappa shape index (κ3) is 4.91. The van der Waals surface area contributed by atoms with Crippen molar-refractivity contribution < 1.29 is 23.5 Å². The second-order valence-electron chi connectivity index (χ2n) is 7.37. The number of nitrogens with zero attached hydrogens (tertiary/aromatic N) is 4. The summed E-state index contributed by atoms with van der Waals surface area (Å²) in [5, 5.41) is 6.08. The summed E-state index contributed by atoms with van der Waals surface area (Å²) in [5.41, 5.74) is 0.845. The average molecular weight is 491 g/mol. The molecule has 4 rings (SSSR count). The summed E-state index contributed by atoms with van der Waals surface area (Å²) < 4.78 is 19.7. The Morgan fingerprint density at radius 2 is 1.76 bits per heavy atom. The van der Waals surface area contributed by atoms with Crippen LogP contribution in [0.4, 0.5) is 4.39 Å². The standard InChI is InChI=1S/C22H20ClFN4O4S/c1-14-19(20(23)28(25-14)16-6-4-15(24)5-7-16)22(31)32-13-18(29)26-8-10-27(11-9-26)21(30)17-3-2-12-33-17/h2-7,12H,8-11,13H2,1H3. The van der Waals surface area contributed by atoms with Crippen molar-refractivity contribution in [3.8, 4) is 5.69 Å². The number of ether oxygens (including phenoxy) is 1. The summed E-state index contributed by atoms with van der Waals surface area (Å²) in [5.74, 6) is -1.59. The molecule has 0 atom stereocenters. The van der Waals surface area contributed by atoms with Gasteiger partial charge in [0.25, 0.3) is 11.8 Å². The summed E-state index contributed by atoms with van der Waals surface area (Å²) in [4.78, 5) is 41.5. The van der Waals surface area contributed by atoms with Gasteiger partial charge in [-0.25, -0.2) is 13.9 Å². The van der Waals surface area contributed by atoms with Crippen LogP contribution >= 0.6 is 22.9 Å². The number of aryl methyl sites for hydroxylation is 1. The number of carbonyl (C=O) groups is 3. The van der Waals surface area contributed by atoms with Crippen molar-refractivity contribution in [3.05, 3.63) is 68.9 Å². The molecule has 33 heavy (non-hydrogen) atoms. The summed E-state index contributed by atoms with van der Waals surface area (Å²) in [6.45, 7) is 2.67. The third-order valence-electron chi connectivity index (χ3n) is 5.26. The molecule has 2 amide bonds. The quantitative estimate of drug-likeness (QED) is 0.513. The van der Waals surface area contributed by atoms with E-state index < -0.39 is 18.4 Å². The van der Waals surface area contributed by atoms with Crippen molar-refractivity contribution in [1.29, 1.82) is 0 Å². The van der Waals surface area contributed by atoms with Gasteiger partial charge in [0, 0.05) is 26.2 Å². The first-order chi connectivity index (χ1) is 15.8. The van der Waals surface area contributed by atoms with Crippen LogP contribution in [0.25, 0.3) is 5.69 Å². The van der Waals surface area contributed by atoms with Gasteiger partial charge in [0.05, 0.1) is 16.3 Å².